The fourth-order valence-corrected chi connectivity index (χ4v) is 2.30. The van der Waals surface area contributed by atoms with Crippen LogP contribution in [0.4, 0.5) is 0 Å². The maximum absolute atomic E-state index is 5.23. The number of rotatable bonds is 3. The molecule has 0 radical (unpaired) electrons. The number of benzene rings is 1. The zero-order valence-electron chi connectivity index (χ0n) is 9.22. The highest BCUT2D eigenvalue weighted by atomic mass is 32.2. The van der Waals surface area contributed by atoms with E-state index in [2.05, 4.69) is 42.5 Å². The number of hydrogen-bond donors (Lipinski definition) is 0. The molecule has 0 N–H and O–H groups in total. The Morgan fingerprint density at radius 2 is 1.94 bits per heavy atom. The van der Waals surface area contributed by atoms with Gasteiger partial charge in [0.1, 0.15) is 0 Å². The normalized spacial score (nSPS) is 15.1. The van der Waals surface area contributed by atoms with E-state index < -0.39 is 0 Å². The molecule has 0 amide bonds. The zero-order chi connectivity index (χ0) is 11.2. The molecule has 0 heterocycles. The molecule has 1 aliphatic rings. The van der Waals surface area contributed by atoms with Gasteiger partial charge in [-0.1, -0.05) is 42.1 Å². The summed E-state index contributed by atoms with van der Waals surface area (Å²) in [7, 11) is 1.71. The molecule has 1 aromatic carbocycles. The lowest BCUT2D eigenvalue weighted by Crippen LogP contribution is -1.81. The van der Waals surface area contributed by atoms with Crippen molar-refractivity contribution >= 4 is 11.8 Å². The van der Waals surface area contributed by atoms with Crippen molar-refractivity contribution in [3.05, 3.63) is 65.3 Å². The highest BCUT2D eigenvalue weighted by molar-refractivity contribution is 8.03. The van der Waals surface area contributed by atoms with Crippen molar-refractivity contribution in [3.63, 3.8) is 0 Å². The summed E-state index contributed by atoms with van der Waals surface area (Å²) in [6.07, 6.45) is 9.27. The smallest absolute Gasteiger partial charge is 0.0993 e. The number of allylic oxidation sites excluding steroid dienone is 4. The second kappa shape index (κ2) is 5.61. The van der Waals surface area contributed by atoms with Gasteiger partial charge < -0.3 is 4.74 Å². The number of thioether (sulfide) groups is 1. The molecule has 0 bridgehead atoms. The number of methoxy groups -OCH3 is 1. The summed E-state index contributed by atoms with van der Waals surface area (Å²) < 4.78 is 5.23. The first-order valence-corrected chi connectivity index (χ1v) is 6.04. The van der Waals surface area contributed by atoms with Crippen molar-refractivity contribution in [3.8, 4) is 0 Å². The van der Waals surface area contributed by atoms with Crippen LogP contribution in [-0.2, 0) is 4.74 Å². The van der Waals surface area contributed by atoms with Gasteiger partial charge in [-0.3, -0.25) is 0 Å². The Bertz CT molecular complexity index is 429. The van der Waals surface area contributed by atoms with Gasteiger partial charge in [-0.15, -0.1) is 0 Å². The lowest BCUT2D eigenvalue weighted by molar-refractivity contribution is 0.285. The molecule has 16 heavy (non-hydrogen) atoms. The van der Waals surface area contributed by atoms with Crippen LogP contribution < -0.4 is 0 Å². The summed E-state index contributed by atoms with van der Waals surface area (Å²) in [5.74, 6) is 1.000. The molecule has 1 aromatic rings. The van der Waals surface area contributed by atoms with Gasteiger partial charge in [0.15, 0.2) is 0 Å². The third kappa shape index (κ3) is 3.04. The summed E-state index contributed by atoms with van der Waals surface area (Å²) in [4.78, 5) is 2.49. The van der Waals surface area contributed by atoms with Crippen molar-refractivity contribution < 1.29 is 4.74 Å². The zero-order valence-corrected chi connectivity index (χ0v) is 10.0. The minimum absolute atomic E-state index is 0.867. The molecule has 2 rings (SSSR count). The van der Waals surface area contributed by atoms with E-state index in [1.165, 1.54) is 9.80 Å². The van der Waals surface area contributed by atoms with Gasteiger partial charge >= 0.3 is 0 Å². The average Bonchev–Trinajstić information content (AvgIpc) is 2.56. The van der Waals surface area contributed by atoms with E-state index in [9.17, 15) is 0 Å². The van der Waals surface area contributed by atoms with Crippen LogP contribution in [0.1, 0.15) is 6.42 Å². The lowest BCUT2D eigenvalue weighted by atomic mass is 10.3. The Labute approximate surface area is 101 Å². The third-order valence-electron chi connectivity index (χ3n) is 2.28. The van der Waals surface area contributed by atoms with Crippen molar-refractivity contribution in [1.29, 1.82) is 0 Å². The maximum Gasteiger partial charge on any atom is 0.0993 e. The first kappa shape index (κ1) is 11.1. The van der Waals surface area contributed by atoms with Crippen molar-refractivity contribution in [2.24, 2.45) is 0 Å². The summed E-state index contributed by atoms with van der Waals surface area (Å²) in [6.45, 7) is 0. The van der Waals surface area contributed by atoms with Gasteiger partial charge in [0.2, 0.25) is 0 Å². The fraction of sp³-hybridized carbons (Fsp3) is 0.143. The van der Waals surface area contributed by atoms with E-state index >= 15 is 0 Å². The minimum atomic E-state index is 0.867. The van der Waals surface area contributed by atoms with E-state index in [1.807, 2.05) is 12.1 Å². The SMILES string of the molecule is COC1=CC=C(Sc2ccccc2)C=CC1. The molecule has 1 aliphatic carbocycles. The van der Waals surface area contributed by atoms with Crippen molar-refractivity contribution in [1.82, 2.24) is 0 Å². The number of hydrogen-bond acceptors (Lipinski definition) is 2. The molecule has 0 fully saturated rings. The Morgan fingerprint density at radius 3 is 2.69 bits per heavy atom. The van der Waals surface area contributed by atoms with Crippen LogP contribution in [0.25, 0.3) is 0 Å². The van der Waals surface area contributed by atoms with Gasteiger partial charge in [-0.2, -0.15) is 0 Å². The Hall–Kier alpha value is -1.41. The molecule has 2 heteroatoms. The van der Waals surface area contributed by atoms with Gasteiger partial charge in [0.25, 0.3) is 0 Å². The molecule has 82 valence electrons. The van der Waals surface area contributed by atoms with Crippen molar-refractivity contribution in [2.75, 3.05) is 7.11 Å². The second-order valence-corrected chi connectivity index (χ2v) is 4.57. The largest absolute Gasteiger partial charge is 0.501 e. The molecular formula is C14H14OS. The molecule has 0 saturated carbocycles. The molecule has 0 atom stereocenters. The molecule has 0 saturated heterocycles. The first-order chi connectivity index (χ1) is 7.88. The first-order valence-electron chi connectivity index (χ1n) is 5.23. The van der Waals surface area contributed by atoms with E-state index in [0.717, 1.165) is 12.2 Å². The summed E-state index contributed by atoms with van der Waals surface area (Å²) in [5, 5.41) is 0. The third-order valence-corrected chi connectivity index (χ3v) is 3.29. The number of ether oxygens (including phenoxy) is 1. The maximum atomic E-state index is 5.23. The Kier molecular flexibility index (Phi) is 3.89. The molecule has 0 aliphatic heterocycles. The minimum Gasteiger partial charge on any atom is -0.501 e. The standard InChI is InChI=1S/C14H14OS/c1-15-12-6-5-9-14(11-10-12)16-13-7-3-2-4-8-13/h2-5,7-11H,6H2,1H3. The van der Waals surface area contributed by atoms with Gasteiger partial charge in [0.05, 0.1) is 12.9 Å². The van der Waals surface area contributed by atoms with E-state index in [1.54, 1.807) is 18.9 Å². The average molecular weight is 230 g/mol. The van der Waals surface area contributed by atoms with Crippen molar-refractivity contribution in [2.45, 2.75) is 11.3 Å². The lowest BCUT2D eigenvalue weighted by Gasteiger charge is -2.00. The summed E-state index contributed by atoms with van der Waals surface area (Å²) in [6, 6.07) is 10.4. The molecule has 1 nitrogen and oxygen atoms in total. The predicted octanol–water partition coefficient (Wildman–Crippen LogP) is 4.15. The van der Waals surface area contributed by atoms with E-state index in [-0.39, 0.29) is 0 Å². The van der Waals surface area contributed by atoms with Crippen LogP contribution in [0.5, 0.6) is 0 Å². The Balaban J connectivity index is 2.11. The fourth-order valence-electron chi connectivity index (χ4n) is 1.43. The molecule has 0 spiro atoms. The quantitative estimate of drug-likeness (QED) is 0.771. The molecule has 0 aromatic heterocycles. The predicted molar refractivity (Wildman–Crippen MR) is 69.2 cm³/mol. The van der Waals surface area contributed by atoms with Crippen LogP contribution in [0, 0.1) is 0 Å². The van der Waals surface area contributed by atoms with Crippen LogP contribution in [0.2, 0.25) is 0 Å². The highest BCUT2D eigenvalue weighted by Gasteiger charge is 2.00. The topological polar surface area (TPSA) is 9.23 Å². The van der Waals surface area contributed by atoms with E-state index in [0.29, 0.717) is 0 Å². The molecule has 0 unspecified atom stereocenters. The van der Waals surface area contributed by atoms with Gasteiger partial charge in [-0.25, -0.2) is 0 Å². The van der Waals surface area contributed by atoms with Crippen LogP contribution >= 0.6 is 11.8 Å². The second-order valence-electron chi connectivity index (χ2n) is 3.43. The van der Waals surface area contributed by atoms with E-state index in [4.69, 9.17) is 4.74 Å². The molecular weight excluding hydrogens is 216 g/mol. The highest BCUT2D eigenvalue weighted by Crippen LogP contribution is 2.28. The van der Waals surface area contributed by atoms with Crippen LogP contribution in [-0.4, -0.2) is 7.11 Å². The summed E-state index contributed by atoms with van der Waals surface area (Å²) in [5.41, 5.74) is 0. The van der Waals surface area contributed by atoms with Crippen LogP contribution in [0.15, 0.2) is 70.2 Å². The Morgan fingerprint density at radius 1 is 1.12 bits per heavy atom. The summed E-state index contributed by atoms with van der Waals surface area (Å²) >= 11 is 1.76. The van der Waals surface area contributed by atoms with Crippen LogP contribution in [0.3, 0.4) is 0 Å². The van der Waals surface area contributed by atoms with Gasteiger partial charge in [0, 0.05) is 16.2 Å². The monoisotopic (exact) mass is 230 g/mol. The van der Waals surface area contributed by atoms with Gasteiger partial charge in [-0.05, 0) is 24.3 Å².